The summed E-state index contributed by atoms with van der Waals surface area (Å²) in [5, 5.41) is 1.04. The third kappa shape index (κ3) is 3.52. The van der Waals surface area contributed by atoms with Crippen LogP contribution in [0.3, 0.4) is 0 Å². The number of anilines is 1. The third-order valence-corrected chi connectivity index (χ3v) is 4.52. The van der Waals surface area contributed by atoms with Crippen LogP contribution in [-0.2, 0) is 6.42 Å². The van der Waals surface area contributed by atoms with Gasteiger partial charge in [0.25, 0.3) is 0 Å². The summed E-state index contributed by atoms with van der Waals surface area (Å²) >= 11 is 1.69. The molecule has 2 rings (SSSR count). The van der Waals surface area contributed by atoms with E-state index in [0.717, 1.165) is 23.8 Å². The highest BCUT2D eigenvalue weighted by Crippen LogP contribution is 2.29. The molecular formula is C14H20N4S. The van der Waals surface area contributed by atoms with Gasteiger partial charge in [-0.25, -0.2) is 4.98 Å². The summed E-state index contributed by atoms with van der Waals surface area (Å²) in [4.78, 5) is 12.0. The fourth-order valence-electron chi connectivity index (χ4n) is 1.92. The lowest BCUT2D eigenvalue weighted by Crippen LogP contribution is -2.20. The van der Waals surface area contributed by atoms with Crippen molar-refractivity contribution in [2.75, 3.05) is 18.5 Å². The lowest BCUT2D eigenvalue weighted by molar-refractivity contribution is 0.824. The van der Waals surface area contributed by atoms with Crippen molar-refractivity contribution >= 4 is 16.5 Å². The van der Waals surface area contributed by atoms with E-state index in [1.807, 2.05) is 38.4 Å². The van der Waals surface area contributed by atoms with Crippen LogP contribution in [-0.4, -0.2) is 23.6 Å². The Hall–Kier alpha value is -1.46. The molecule has 1 unspecified atom stereocenters. The molecule has 2 aromatic heterocycles. The van der Waals surface area contributed by atoms with E-state index >= 15 is 0 Å². The quantitative estimate of drug-likeness (QED) is 0.912. The summed E-state index contributed by atoms with van der Waals surface area (Å²) in [6, 6.07) is 4.16. The van der Waals surface area contributed by atoms with Crippen LogP contribution in [0.5, 0.6) is 0 Å². The Bertz CT molecular complexity index is 521. The molecule has 0 fully saturated rings. The van der Waals surface area contributed by atoms with E-state index in [4.69, 9.17) is 5.73 Å². The van der Waals surface area contributed by atoms with Gasteiger partial charge in [0.15, 0.2) is 5.13 Å². The van der Waals surface area contributed by atoms with Gasteiger partial charge in [-0.05, 0) is 38.0 Å². The van der Waals surface area contributed by atoms with Crippen LogP contribution in [0.15, 0.2) is 24.5 Å². The molecule has 0 amide bonds. The average molecular weight is 276 g/mol. The third-order valence-electron chi connectivity index (χ3n) is 3.05. The molecule has 0 spiro atoms. The highest BCUT2D eigenvalue weighted by Gasteiger charge is 2.13. The predicted octanol–water partition coefficient (Wildman–Crippen LogP) is 2.55. The molecule has 102 valence electrons. The molecule has 0 saturated heterocycles. The SMILES string of the molecule is Cc1nc(N(C)CCc2ccncc2)sc1C(C)N. The van der Waals surface area contributed by atoms with Gasteiger partial charge in [-0.3, -0.25) is 4.98 Å². The van der Waals surface area contributed by atoms with E-state index in [2.05, 4.69) is 21.9 Å². The summed E-state index contributed by atoms with van der Waals surface area (Å²) in [5.74, 6) is 0. The summed E-state index contributed by atoms with van der Waals surface area (Å²) in [5.41, 5.74) is 8.28. The summed E-state index contributed by atoms with van der Waals surface area (Å²) in [7, 11) is 2.07. The molecule has 1 atom stereocenters. The number of aryl methyl sites for hydroxylation is 1. The van der Waals surface area contributed by atoms with Gasteiger partial charge in [0.05, 0.1) is 5.69 Å². The number of hydrogen-bond acceptors (Lipinski definition) is 5. The standard InChI is InChI=1S/C14H20N4S/c1-10(15)13-11(2)17-14(19-13)18(3)9-6-12-4-7-16-8-5-12/h4-5,7-8,10H,6,9,15H2,1-3H3. The van der Waals surface area contributed by atoms with Crippen LogP contribution in [0.4, 0.5) is 5.13 Å². The van der Waals surface area contributed by atoms with Crippen LogP contribution >= 0.6 is 11.3 Å². The molecule has 2 heterocycles. The zero-order chi connectivity index (χ0) is 13.8. The Balaban J connectivity index is 2.00. The van der Waals surface area contributed by atoms with Crippen LogP contribution in [0.1, 0.15) is 29.1 Å². The van der Waals surface area contributed by atoms with Gasteiger partial charge in [0.1, 0.15) is 0 Å². The number of nitrogens with zero attached hydrogens (tertiary/aromatic N) is 3. The lowest BCUT2D eigenvalue weighted by atomic mass is 10.2. The zero-order valence-electron chi connectivity index (χ0n) is 11.6. The van der Waals surface area contributed by atoms with Crippen LogP contribution < -0.4 is 10.6 Å². The second kappa shape index (κ2) is 6.12. The van der Waals surface area contributed by atoms with Gasteiger partial charge in [0, 0.05) is 36.9 Å². The molecule has 0 aromatic carbocycles. The smallest absolute Gasteiger partial charge is 0.185 e. The molecular weight excluding hydrogens is 256 g/mol. The average Bonchev–Trinajstić information content (AvgIpc) is 2.79. The minimum atomic E-state index is 0.0554. The van der Waals surface area contributed by atoms with Crippen LogP contribution in [0, 0.1) is 6.92 Å². The maximum Gasteiger partial charge on any atom is 0.185 e. The first-order chi connectivity index (χ1) is 9.08. The van der Waals surface area contributed by atoms with Crippen LogP contribution in [0.25, 0.3) is 0 Å². The molecule has 19 heavy (non-hydrogen) atoms. The fraction of sp³-hybridized carbons (Fsp3) is 0.429. The number of aromatic nitrogens is 2. The number of pyridine rings is 1. The van der Waals surface area contributed by atoms with Crippen molar-refractivity contribution in [2.45, 2.75) is 26.3 Å². The van der Waals surface area contributed by atoms with E-state index in [9.17, 15) is 0 Å². The molecule has 0 radical (unpaired) electrons. The first-order valence-corrected chi connectivity index (χ1v) is 7.22. The number of rotatable bonds is 5. The number of thiazole rings is 1. The summed E-state index contributed by atoms with van der Waals surface area (Å²) in [6.45, 7) is 4.96. The topological polar surface area (TPSA) is 55.0 Å². The maximum atomic E-state index is 5.94. The summed E-state index contributed by atoms with van der Waals surface area (Å²) in [6.07, 6.45) is 4.65. The molecule has 2 aromatic rings. The second-order valence-corrected chi connectivity index (χ2v) is 5.77. The van der Waals surface area contributed by atoms with Gasteiger partial charge < -0.3 is 10.6 Å². The Morgan fingerprint density at radius 1 is 1.37 bits per heavy atom. The van der Waals surface area contributed by atoms with Gasteiger partial charge in [-0.15, -0.1) is 11.3 Å². The molecule has 0 bridgehead atoms. The van der Waals surface area contributed by atoms with Crippen molar-refractivity contribution in [1.29, 1.82) is 0 Å². The van der Waals surface area contributed by atoms with E-state index in [0.29, 0.717) is 0 Å². The maximum absolute atomic E-state index is 5.94. The first kappa shape index (κ1) is 14.0. The Labute approximate surface area is 118 Å². The van der Waals surface area contributed by atoms with Gasteiger partial charge >= 0.3 is 0 Å². The number of likely N-dealkylation sites (N-methyl/N-ethyl adjacent to an activating group) is 1. The first-order valence-electron chi connectivity index (χ1n) is 6.41. The number of hydrogen-bond donors (Lipinski definition) is 1. The Morgan fingerprint density at radius 2 is 2.05 bits per heavy atom. The molecule has 0 aliphatic carbocycles. The van der Waals surface area contributed by atoms with E-state index in [1.54, 1.807) is 11.3 Å². The minimum absolute atomic E-state index is 0.0554. The monoisotopic (exact) mass is 276 g/mol. The van der Waals surface area contributed by atoms with Gasteiger partial charge in [-0.2, -0.15) is 0 Å². The van der Waals surface area contributed by atoms with E-state index in [-0.39, 0.29) is 6.04 Å². The predicted molar refractivity (Wildman–Crippen MR) is 80.7 cm³/mol. The van der Waals surface area contributed by atoms with Crippen molar-refractivity contribution in [2.24, 2.45) is 5.73 Å². The fourth-order valence-corrected chi connectivity index (χ4v) is 2.93. The van der Waals surface area contributed by atoms with Gasteiger partial charge in [0.2, 0.25) is 0 Å². The van der Waals surface area contributed by atoms with Crippen molar-refractivity contribution in [3.8, 4) is 0 Å². The Morgan fingerprint density at radius 3 is 2.63 bits per heavy atom. The summed E-state index contributed by atoms with van der Waals surface area (Å²) < 4.78 is 0. The molecule has 0 aliphatic heterocycles. The molecule has 0 saturated carbocycles. The molecule has 2 N–H and O–H groups in total. The minimum Gasteiger partial charge on any atom is -0.351 e. The van der Waals surface area contributed by atoms with Gasteiger partial charge in [-0.1, -0.05) is 0 Å². The number of nitrogens with two attached hydrogens (primary N) is 1. The van der Waals surface area contributed by atoms with Crippen molar-refractivity contribution in [3.63, 3.8) is 0 Å². The normalized spacial score (nSPS) is 12.4. The lowest BCUT2D eigenvalue weighted by Gasteiger charge is -2.15. The van der Waals surface area contributed by atoms with Crippen molar-refractivity contribution in [3.05, 3.63) is 40.7 Å². The van der Waals surface area contributed by atoms with E-state index < -0.39 is 0 Å². The van der Waals surface area contributed by atoms with Crippen molar-refractivity contribution < 1.29 is 0 Å². The van der Waals surface area contributed by atoms with Crippen molar-refractivity contribution in [1.82, 2.24) is 9.97 Å². The van der Waals surface area contributed by atoms with E-state index in [1.165, 1.54) is 10.4 Å². The molecule has 5 heteroatoms. The highest BCUT2D eigenvalue weighted by molar-refractivity contribution is 7.15. The largest absolute Gasteiger partial charge is 0.351 e. The zero-order valence-corrected chi connectivity index (χ0v) is 12.4. The highest BCUT2D eigenvalue weighted by atomic mass is 32.1. The second-order valence-electron chi connectivity index (χ2n) is 4.76. The molecule has 0 aliphatic rings. The molecule has 4 nitrogen and oxygen atoms in total. The van der Waals surface area contributed by atoms with Crippen LogP contribution in [0.2, 0.25) is 0 Å². The Kier molecular flexibility index (Phi) is 4.50.